The number of hydrogen-bond donors (Lipinski definition) is 1. The molecule has 2 heterocycles. The van der Waals surface area contributed by atoms with E-state index in [0.717, 1.165) is 4.57 Å². The second-order valence-electron chi connectivity index (χ2n) is 7.96. The van der Waals surface area contributed by atoms with Crippen molar-refractivity contribution in [1.82, 2.24) is 18.7 Å². The molecule has 1 aromatic carbocycles. The van der Waals surface area contributed by atoms with Crippen molar-refractivity contribution in [1.29, 1.82) is 0 Å². The summed E-state index contributed by atoms with van der Waals surface area (Å²) < 4.78 is 3.69. The predicted molar refractivity (Wildman–Crippen MR) is 109 cm³/mol. The Balaban J connectivity index is 1.85. The molecule has 9 nitrogen and oxygen atoms in total. The lowest BCUT2D eigenvalue weighted by molar-refractivity contribution is -0.123. The quantitative estimate of drug-likeness (QED) is 0.668. The van der Waals surface area contributed by atoms with Gasteiger partial charge in [0, 0.05) is 30.8 Å². The zero-order valence-electron chi connectivity index (χ0n) is 17.0. The third kappa shape index (κ3) is 3.75. The van der Waals surface area contributed by atoms with Gasteiger partial charge in [0.25, 0.3) is 5.56 Å². The van der Waals surface area contributed by atoms with Crippen molar-refractivity contribution in [3.8, 4) is 0 Å². The minimum atomic E-state index is -0.525. The van der Waals surface area contributed by atoms with Gasteiger partial charge < -0.3 is 9.88 Å². The number of imidazole rings is 1. The van der Waals surface area contributed by atoms with Crippen molar-refractivity contribution in [3.05, 3.63) is 57.0 Å². The number of amides is 1. The number of benzene rings is 1. The average molecular weight is 397 g/mol. The molecule has 0 radical (unpaired) electrons. The molecule has 1 amide bonds. The molecule has 0 fully saturated rings. The number of aryl methyl sites for hydroxylation is 1. The van der Waals surface area contributed by atoms with E-state index in [9.17, 15) is 19.2 Å². The number of aromatic nitrogens is 4. The van der Waals surface area contributed by atoms with Gasteiger partial charge in [-0.3, -0.25) is 23.5 Å². The summed E-state index contributed by atoms with van der Waals surface area (Å²) >= 11 is 0. The first-order valence-corrected chi connectivity index (χ1v) is 9.06. The molecule has 1 N–H and O–H groups in total. The first kappa shape index (κ1) is 20.2. The molecule has 152 valence electrons. The van der Waals surface area contributed by atoms with Crippen LogP contribution in [-0.2, 0) is 25.4 Å². The Bertz CT molecular complexity index is 1220. The lowest BCUT2D eigenvalue weighted by Crippen LogP contribution is -2.37. The fourth-order valence-corrected chi connectivity index (χ4v) is 2.82. The van der Waals surface area contributed by atoms with Crippen molar-refractivity contribution < 1.29 is 9.59 Å². The minimum Gasteiger partial charge on any atom is -0.326 e. The molecule has 29 heavy (non-hydrogen) atoms. The van der Waals surface area contributed by atoms with Crippen LogP contribution in [0, 0.1) is 5.41 Å². The largest absolute Gasteiger partial charge is 0.332 e. The van der Waals surface area contributed by atoms with Gasteiger partial charge in [0.1, 0.15) is 0 Å². The van der Waals surface area contributed by atoms with Gasteiger partial charge in [-0.25, -0.2) is 9.78 Å². The standard InChI is InChI=1S/C20H23N5O4/c1-20(2,3)18(28)22-13-8-6-12(7-9-13)14(26)10-25-11-21-16-15(25)17(27)24(5)19(29)23(16)4/h6-9,11H,10H2,1-5H3,(H,22,28). The highest BCUT2D eigenvalue weighted by atomic mass is 16.2. The van der Waals surface area contributed by atoms with E-state index in [1.165, 1.54) is 29.6 Å². The molecular formula is C20H23N5O4. The van der Waals surface area contributed by atoms with Crippen LogP contribution in [0.5, 0.6) is 0 Å². The summed E-state index contributed by atoms with van der Waals surface area (Å²) in [6.45, 7) is 5.35. The van der Waals surface area contributed by atoms with Crippen molar-refractivity contribution in [2.24, 2.45) is 19.5 Å². The number of ketones is 1. The van der Waals surface area contributed by atoms with Crippen molar-refractivity contribution in [2.75, 3.05) is 5.32 Å². The smallest absolute Gasteiger partial charge is 0.326 e. The summed E-state index contributed by atoms with van der Waals surface area (Å²) in [7, 11) is 2.90. The Labute approximate surface area is 166 Å². The number of Topliss-reactive ketones (excluding diaryl/α,β-unsaturated/α-hetero) is 1. The van der Waals surface area contributed by atoms with Gasteiger partial charge >= 0.3 is 5.69 Å². The van der Waals surface area contributed by atoms with Gasteiger partial charge in [0.15, 0.2) is 16.9 Å². The molecule has 0 atom stereocenters. The van der Waals surface area contributed by atoms with E-state index >= 15 is 0 Å². The van der Waals surface area contributed by atoms with E-state index < -0.39 is 16.7 Å². The topological polar surface area (TPSA) is 108 Å². The summed E-state index contributed by atoms with van der Waals surface area (Å²) in [6, 6.07) is 6.55. The maximum absolute atomic E-state index is 12.7. The van der Waals surface area contributed by atoms with E-state index in [0.29, 0.717) is 11.3 Å². The van der Waals surface area contributed by atoms with Crippen molar-refractivity contribution in [2.45, 2.75) is 27.3 Å². The maximum Gasteiger partial charge on any atom is 0.332 e. The maximum atomic E-state index is 12.7. The number of carbonyl (C=O) groups excluding carboxylic acids is 2. The second-order valence-corrected chi connectivity index (χ2v) is 7.96. The van der Waals surface area contributed by atoms with Crippen LogP contribution >= 0.6 is 0 Å². The van der Waals surface area contributed by atoms with Crippen LogP contribution < -0.4 is 16.6 Å². The lowest BCUT2D eigenvalue weighted by atomic mass is 9.95. The number of carbonyl (C=O) groups is 2. The van der Waals surface area contributed by atoms with Crippen LogP contribution in [0.1, 0.15) is 31.1 Å². The first-order chi connectivity index (χ1) is 13.5. The molecule has 0 spiro atoms. The molecule has 0 aliphatic heterocycles. The van der Waals surface area contributed by atoms with Gasteiger partial charge in [-0.05, 0) is 24.3 Å². The zero-order valence-corrected chi connectivity index (χ0v) is 17.0. The molecule has 0 saturated heterocycles. The number of rotatable bonds is 4. The van der Waals surface area contributed by atoms with Crippen LogP contribution in [0.2, 0.25) is 0 Å². The summed E-state index contributed by atoms with van der Waals surface area (Å²) in [6.07, 6.45) is 1.38. The minimum absolute atomic E-state index is 0.0996. The molecule has 9 heteroatoms. The van der Waals surface area contributed by atoms with Gasteiger partial charge in [-0.15, -0.1) is 0 Å². The molecule has 0 unspecified atom stereocenters. The molecule has 0 aliphatic rings. The van der Waals surface area contributed by atoms with Gasteiger partial charge in [0.05, 0.1) is 12.9 Å². The first-order valence-electron chi connectivity index (χ1n) is 9.06. The Morgan fingerprint density at radius 1 is 1.03 bits per heavy atom. The molecule has 2 aromatic heterocycles. The van der Waals surface area contributed by atoms with Gasteiger partial charge in [0.2, 0.25) is 5.91 Å². The Morgan fingerprint density at radius 3 is 2.24 bits per heavy atom. The monoisotopic (exact) mass is 397 g/mol. The predicted octanol–water partition coefficient (Wildman–Crippen LogP) is 1.30. The Morgan fingerprint density at radius 2 is 1.66 bits per heavy atom. The van der Waals surface area contributed by atoms with Gasteiger partial charge in [-0.2, -0.15) is 0 Å². The highest BCUT2D eigenvalue weighted by molar-refractivity contribution is 5.98. The lowest BCUT2D eigenvalue weighted by Gasteiger charge is -2.17. The van der Waals surface area contributed by atoms with Crippen molar-refractivity contribution in [3.63, 3.8) is 0 Å². The highest BCUT2D eigenvalue weighted by Crippen LogP contribution is 2.18. The molecule has 0 aliphatic carbocycles. The zero-order chi connectivity index (χ0) is 21.5. The highest BCUT2D eigenvalue weighted by Gasteiger charge is 2.21. The summed E-state index contributed by atoms with van der Waals surface area (Å²) in [4.78, 5) is 53.3. The van der Waals surface area contributed by atoms with E-state index in [1.54, 1.807) is 24.3 Å². The fourth-order valence-electron chi connectivity index (χ4n) is 2.82. The normalized spacial score (nSPS) is 11.6. The van der Waals surface area contributed by atoms with Gasteiger partial charge in [-0.1, -0.05) is 20.8 Å². The fraction of sp³-hybridized carbons (Fsp3) is 0.350. The molecule has 3 rings (SSSR count). The van der Waals surface area contributed by atoms with Crippen LogP contribution in [0.3, 0.4) is 0 Å². The summed E-state index contributed by atoms with van der Waals surface area (Å²) in [5.74, 6) is -0.350. The second kappa shape index (κ2) is 7.16. The average Bonchev–Trinajstić information content (AvgIpc) is 3.08. The van der Waals surface area contributed by atoms with E-state index in [4.69, 9.17) is 0 Å². The number of anilines is 1. The Hall–Kier alpha value is -3.49. The SMILES string of the molecule is Cn1c(=O)c2c(ncn2CC(=O)c2ccc(NC(=O)C(C)(C)C)cc2)n(C)c1=O. The molecule has 0 saturated carbocycles. The summed E-state index contributed by atoms with van der Waals surface area (Å²) in [5, 5.41) is 2.80. The van der Waals surface area contributed by atoms with E-state index in [1.807, 2.05) is 20.8 Å². The number of nitrogens with zero attached hydrogens (tertiary/aromatic N) is 4. The third-order valence-electron chi connectivity index (χ3n) is 4.68. The molecule has 0 bridgehead atoms. The van der Waals surface area contributed by atoms with Crippen LogP contribution in [0.4, 0.5) is 5.69 Å². The van der Waals surface area contributed by atoms with Crippen LogP contribution in [0.25, 0.3) is 11.2 Å². The van der Waals surface area contributed by atoms with Crippen LogP contribution in [-0.4, -0.2) is 30.4 Å². The number of fused-ring (bicyclic) bond motifs is 1. The van der Waals surface area contributed by atoms with E-state index in [2.05, 4.69) is 10.3 Å². The summed E-state index contributed by atoms with van der Waals surface area (Å²) in [5.41, 5.74) is -0.0621. The van der Waals surface area contributed by atoms with Crippen molar-refractivity contribution >= 4 is 28.5 Å². The third-order valence-corrected chi connectivity index (χ3v) is 4.68. The Kier molecular flexibility index (Phi) is 5.00. The molecule has 3 aromatic rings. The number of nitrogens with one attached hydrogen (secondary N) is 1. The van der Waals surface area contributed by atoms with E-state index in [-0.39, 0.29) is 29.4 Å². The molecular weight excluding hydrogens is 374 g/mol. The number of hydrogen-bond acceptors (Lipinski definition) is 5. The van der Waals surface area contributed by atoms with Crippen LogP contribution in [0.15, 0.2) is 40.2 Å².